The van der Waals surface area contributed by atoms with Crippen molar-refractivity contribution >= 4 is 28.1 Å². The number of benzene rings is 2. The largest absolute Gasteiger partial charge is 0.385 e. The molecule has 21 heavy (non-hydrogen) atoms. The van der Waals surface area contributed by atoms with Crippen LogP contribution in [-0.2, 0) is 6.42 Å². The number of anilines is 1. The first-order chi connectivity index (χ1) is 10.2. The third kappa shape index (κ3) is 3.06. The van der Waals surface area contributed by atoms with E-state index in [0.29, 0.717) is 15.9 Å². The van der Waals surface area contributed by atoms with Crippen LogP contribution in [0.2, 0.25) is 5.15 Å². The Morgan fingerprint density at radius 3 is 2.71 bits per heavy atom. The molecule has 0 fully saturated rings. The van der Waals surface area contributed by atoms with Crippen LogP contribution in [-0.4, -0.2) is 16.7 Å². The Balaban J connectivity index is 1.76. The molecule has 0 bridgehead atoms. The van der Waals surface area contributed by atoms with E-state index in [0.717, 1.165) is 18.7 Å². The van der Waals surface area contributed by atoms with E-state index in [-0.39, 0.29) is 5.56 Å². The molecule has 2 aromatic carbocycles. The smallest absolute Gasteiger partial charge is 0.272 e. The first kappa shape index (κ1) is 13.6. The molecular formula is C16H14ClN3O. The molecule has 0 saturated heterocycles. The molecule has 0 saturated carbocycles. The van der Waals surface area contributed by atoms with Gasteiger partial charge in [-0.15, -0.1) is 0 Å². The molecular weight excluding hydrogens is 286 g/mol. The standard InChI is InChI=1S/C16H14ClN3O/c17-15-13-7-6-12(10-14(13)16(21)20-19-15)18-9-8-11-4-2-1-3-5-11/h1-7,10,18H,8-9H2,(H,20,21). The highest BCUT2D eigenvalue weighted by Crippen LogP contribution is 2.21. The molecule has 2 N–H and O–H groups in total. The van der Waals surface area contributed by atoms with Gasteiger partial charge >= 0.3 is 0 Å². The molecule has 0 unspecified atom stereocenters. The minimum Gasteiger partial charge on any atom is -0.385 e. The van der Waals surface area contributed by atoms with Gasteiger partial charge in [-0.3, -0.25) is 4.79 Å². The summed E-state index contributed by atoms with van der Waals surface area (Å²) in [6, 6.07) is 15.8. The molecule has 3 aromatic rings. The molecule has 0 aliphatic heterocycles. The minimum absolute atomic E-state index is 0.235. The molecule has 3 rings (SSSR count). The fourth-order valence-electron chi connectivity index (χ4n) is 2.24. The molecule has 1 heterocycles. The Bertz CT molecular complexity index is 815. The van der Waals surface area contributed by atoms with Crippen LogP contribution < -0.4 is 10.9 Å². The van der Waals surface area contributed by atoms with Crippen molar-refractivity contribution in [2.75, 3.05) is 11.9 Å². The summed E-state index contributed by atoms with van der Waals surface area (Å²) in [7, 11) is 0. The van der Waals surface area contributed by atoms with Gasteiger partial charge in [-0.1, -0.05) is 41.9 Å². The van der Waals surface area contributed by atoms with Crippen molar-refractivity contribution in [2.45, 2.75) is 6.42 Å². The highest BCUT2D eigenvalue weighted by molar-refractivity contribution is 6.34. The predicted molar refractivity (Wildman–Crippen MR) is 86.0 cm³/mol. The molecule has 0 spiro atoms. The zero-order valence-electron chi connectivity index (χ0n) is 11.3. The number of nitrogens with one attached hydrogen (secondary N) is 2. The maximum absolute atomic E-state index is 11.8. The van der Waals surface area contributed by atoms with Gasteiger partial charge in [0.2, 0.25) is 0 Å². The van der Waals surface area contributed by atoms with Crippen LogP contribution in [0.4, 0.5) is 5.69 Å². The second-order valence-electron chi connectivity index (χ2n) is 4.77. The number of halogens is 1. The van der Waals surface area contributed by atoms with Crippen molar-refractivity contribution in [3.05, 3.63) is 69.6 Å². The van der Waals surface area contributed by atoms with E-state index in [2.05, 4.69) is 27.6 Å². The molecule has 0 amide bonds. The third-order valence-electron chi connectivity index (χ3n) is 3.33. The summed E-state index contributed by atoms with van der Waals surface area (Å²) in [5.74, 6) is 0. The van der Waals surface area contributed by atoms with Gasteiger partial charge in [0, 0.05) is 17.6 Å². The van der Waals surface area contributed by atoms with Crippen LogP contribution >= 0.6 is 11.6 Å². The Kier molecular flexibility index (Phi) is 3.88. The van der Waals surface area contributed by atoms with E-state index in [1.54, 1.807) is 6.07 Å². The van der Waals surface area contributed by atoms with Gasteiger partial charge in [0.25, 0.3) is 5.56 Å². The summed E-state index contributed by atoms with van der Waals surface area (Å²) in [5.41, 5.74) is 1.93. The number of aromatic amines is 1. The summed E-state index contributed by atoms with van der Waals surface area (Å²) in [5, 5.41) is 11.0. The Morgan fingerprint density at radius 2 is 1.90 bits per heavy atom. The average Bonchev–Trinajstić information content (AvgIpc) is 2.52. The number of fused-ring (bicyclic) bond motifs is 1. The zero-order chi connectivity index (χ0) is 14.7. The van der Waals surface area contributed by atoms with Crippen molar-refractivity contribution in [1.29, 1.82) is 0 Å². The van der Waals surface area contributed by atoms with Gasteiger partial charge in [-0.05, 0) is 30.2 Å². The second kappa shape index (κ2) is 5.97. The first-order valence-electron chi connectivity index (χ1n) is 6.70. The predicted octanol–water partition coefficient (Wildman–Crippen LogP) is 3.23. The van der Waals surface area contributed by atoms with Crippen molar-refractivity contribution < 1.29 is 0 Å². The minimum atomic E-state index is -0.235. The van der Waals surface area contributed by atoms with E-state index in [1.807, 2.05) is 30.3 Å². The number of H-pyrrole nitrogens is 1. The SMILES string of the molecule is O=c1[nH]nc(Cl)c2ccc(NCCc3ccccc3)cc12. The maximum atomic E-state index is 11.8. The van der Waals surface area contributed by atoms with Crippen LogP contribution in [0.5, 0.6) is 0 Å². The summed E-state index contributed by atoms with van der Waals surface area (Å²) < 4.78 is 0. The highest BCUT2D eigenvalue weighted by Gasteiger charge is 2.05. The quantitative estimate of drug-likeness (QED) is 0.777. The van der Waals surface area contributed by atoms with Crippen LogP contribution in [0.1, 0.15) is 5.56 Å². The van der Waals surface area contributed by atoms with E-state index in [9.17, 15) is 4.79 Å². The highest BCUT2D eigenvalue weighted by atomic mass is 35.5. The second-order valence-corrected chi connectivity index (χ2v) is 5.12. The summed E-state index contributed by atoms with van der Waals surface area (Å²) in [4.78, 5) is 11.8. The first-order valence-corrected chi connectivity index (χ1v) is 7.07. The van der Waals surface area contributed by atoms with E-state index < -0.39 is 0 Å². The lowest BCUT2D eigenvalue weighted by Gasteiger charge is -2.07. The van der Waals surface area contributed by atoms with E-state index in [1.165, 1.54) is 5.56 Å². The third-order valence-corrected chi connectivity index (χ3v) is 3.62. The fraction of sp³-hybridized carbons (Fsp3) is 0.125. The van der Waals surface area contributed by atoms with Crippen molar-refractivity contribution in [3.8, 4) is 0 Å². The summed E-state index contributed by atoms with van der Waals surface area (Å²) >= 11 is 5.96. The van der Waals surface area contributed by atoms with E-state index >= 15 is 0 Å². The van der Waals surface area contributed by atoms with Gasteiger partial charge in [0.05, 0.1) is 5.39 Å². The molecule has 1 aromatic heterocycles. The molecule has 0 aliphatic carbocycles. The van der Waals surface area contributed by atoms with Gasteiger partial charge in [0.15, 0.2) is 5.15 Å². The maximum Gasteiger partial charge on any atom is 0.272 e. The van der Waals surface area contributed by atoms with Crippen LogP contribution in [0.25, 0.3) is 10.8 Å². The molecule has 106 valence electrons. The Morgan fingerprint density at radius 1 is 1.10 bits per heavy atom. The van der Waals surface area contributed by atoms with E-state index in [4.69, 9.17) is 11.6 Å². The summed E-state index contributed by atoms with van der Waals surface area (Å²) in [6.07, 6.45) is 0.923. The number of hydrogen-bond donors (Lipinski definition) is 2. The van der Waals surface area contributed by atoms with Gasteiger partial charge in [0.1, 0.15) is 0 Å². The lowest BCUT2D eigenvalue weighted by molar-refractivity contribution is 1.01. The molecule has 5 heteroatoms. The topological polar surface area (TPSA) is 57.8 Å². The molecule has 0 aliphatic rings. The number of hydrogen-bond acceptors (Lipinski definition) is 3. The Hall–Kier alpha value is -2.33. The van der Waals surface area contributed by atoms with Gasteiger partial charge in [-0.2, -0.15) is 5.10 Å². The number of nitrogens with zero attached hydrogens (tertiary/aromatic N) is 1. The van der Waals surface area contributed by atoms with Crippen LogP contribution in [0.3, 0.4) is 0 Å². The number of rotatable bonds is 4. The Labute approximate surface area is 126 Å². The van der Waals surface area contributed by atoms with Crippen molar-refractivity contribution in [2.24, 2.45) is 0 Å². The van der Waals surface area contributed by atoms with Crippen molar-refractivity contribution in [1.82, 2.24) is 10.2 Å². The normalized spacial score (nSPS) is 10.7. The zero-order valence-corrected chi connectivity index (χ0v) is 12.0. The fourth-order valence-corrected chi connectivity index (χ4v) is 2.45. The van der Waals surface area contributed by atoms with Gasteiger partial charge in [-0.25, -0.2) is 5.10 Å². The number of aromatic nitrogens is 2. The lowest BCUT2D eigenvalue weighted by atomic mass is 10.1. The summed E-state index contributed by atoms with van der Waals surface area (Å²) in [6.45, 7) is 0.798. The molecule has 0 radical (unpaired) electrons. The molecule has 0 atom stereocenters. The van der Waals surface area contributed by atoms with Gasteiger partial charge < -0.3 is 5.32 Å². The average molecular weight is 300 g/mol. The lowest BCUT2D eigenvalue weighted by Crippen LogP contribution is -2.10. The molecule has 4 nitrogen and oxygen atoms in total. The van der Waals surface area contributed by atoms with Crippen molar-refractivity contribution in [3.63, 3.8) is 0 Å². The monoisotopic (exact) mass is 299 g/mol. The van der Waals surface area contributed by atoms with Crippen LogP contribution in [0, 0.1) is 0 Å². The van der Waals surface area contributed by atoms with Crippen LogP contribution in [0.15, 0.2) is 53.3 Å².